The quantitative estimate of drug-likeness (QED) is 0.393. The van der Waals surface area contributed by atoms with Gasteiger partial charge in [-0.3, -0.25) is 20.4 Å². The Bertz CT molecular complexity index is 919. The van der Waals surface area contributed by atoms with E-state index in [4.69, 9.17) is 14.2 Å². The summed E-state index contributed by atoms with van der Waals surface area (Å²) in [6, 6.07) is 12.6. The van der Waals surface area contributed by atoms with Crippen LogP contribution in [0.15, 0.2) is 42.5 Å². The van der Waals surface area contributed by atoms with Crippen molar-refractivity contribution in [2.45, 2.75) is 24.3 Å². The molecule has 0 saturated carbocycles. The number of hydrazine groups is 1. The second-order valence-electron chi connectivity index (χ2n) is 6.97. The molecule has 0 aromatic heterocycles. The predicted octanol–water partition coefficient (Wildman–Crippen LogP) is 4.19. The monoisotopic (exact) mass is 476 g/mol. The molecule has 2 N–H and O–H groups in total. The Morgan fingerprint density at radius 2 is 1.78 bits per heavy atom. The van der Waals surface area contributed by atoms with Crippen LogP contribution in [-0.4, -0.2) is 43.6 Å². The molecule has 0 unspecified atom stereocenters. The van der Waals surface area contributed by atoms with E-state index in [-0.39, 0.29) is 6.61 Å². The maximum atomic E-state index is 12.4. The largest absolute Gasteiger partial charge is 0.493 e. The minimum absolute atomic E-state index is 0.202. The van der Waals surface area contributed by atoms with Crippen LogP contribution in [0, 0.1) is 0 Å². The van der Waals surface area contributed by atoms with Crippen molar-refractivity contribution in [1.82, 2.24) is 10.9 Å². The molecule has 0 spiro atoms. The predicted molar refractivity (Wildman–Crippen MR) is 129 cm³/mol. The highest BCUT2D eigenvalue weighted by Crippen LogP contribution is 2.48. The Labute approximate surface area is 196 Å². The zero-order chi connectivity index (χ0) is 22.8. The lowest BCUT2D eigenvalue weighted by Crippen LogP contribution is -2.43. The summed E-state index contributed by atoms with van der Waals surface area (Å²) in [7, 11) is 1.52. The zero-order valence-electron chi connectivity index (χ0n) is 18.2. The van der Waals surface area contributed by atoms with Crippen LogP contribution in [-0.2, 0) is 4.79 Å². The van der Waals surface area contributed by atoms with Crippen molar-refractivity contribution in [3.8, 4) is 17.2 Å². The van der Waals surface area contributed by atoms with Crippen LogP contribution in [0.4, 0.5) is 0 Å². The summed E-state index contributed by atoms with van der Waals surface area (Å²) in [6.07, 6.45) is 1.96. The molecule has 2 amide bonds. The van der Waals surface area contributed by atoms with Gasteiger partial charge >= 0.3 is 0 Å². The fraction of sp³-hybridized carbons (Fsp3) is 0.391. The molecule has 0 radical (unpaired) electrons. The molecular formula is C23H28N2O5S2. The number of amides is 2. The Hall–Kier alpha value is -2.52. The maximum absolute atomic E-state index is 12.4. The van der Waals surface area contributed by atoms with Crippen LogP contribution in [0.2, 0.25) is 0 Å². The Morgan fingerprint density at radius 1 is 1.00 bits per heavy atom. The van der Waals surface area contributed by atoms with Crippen LogP contribution < -0.4 is 25.1 Å². The van der Waals surface area contributed by atoms with Gasteiger partial charge in [-0.25, -0.2) is 0 Å². The molecule has 1 fully saturated rings. The number of hydrogen-bond acceptors (Lipinski definition) is 7. The van der Waals surface area contributed by atoms with Gasteiger partial charge in [0.25, 0.3) is 11.8 Å². The molecule has 172 valence electrons. The molecule has 1 aliphatic rings. The Kier molecular flexibility index (Phi) is 9.43. The summed E-state index contributed by atoms with van der Waals surface area (Å²) in [5.41, 5.74) is 6.21. The van der Waals surface area contributed by atoms with Gasteiger partial charge in [0.1, 0.15) is 5.75 Å². The molecule has 1 saturated heterocycles. The number of para-hydroxylation sites is 1. The third kappa shape index (κ3) is 6.74. The van der Waals surface area contributed by atoms with Gasteiger partial charge in [-0.05, 0) is 30.7 Å². The first-order valence-corrected chi connectivity index (χ1v) is 12.6. The summed E-state index contributed by atoms with van der Waals surface area (Å²) < 4.78 is 17.0. The fourth-order valence-electron chi connectivity index (χ4n) is 2.98. The van der Waals surface area contributed by atoms with E-state index in [9.17, 15) is 9.59 Å². The zero-order valence-corrected chi connectivity index (χ0v) is 19.9. The molecule has 2 aromatic rings. The number of rotatable bonds is 10. The van der Waals surface area contributed by atoms with Crippen LogP contribution in [0.5, 0.6) is 17.2 Å². The molecule has 0 bridgehead atoms. The van der Waals surface area contributed by atoms with Crippen LogP contribution in [0.25, 0.3) is 0 Å². The van der Waals surface area contributed by atoms with Gasteiger partial charge in [-0.15, -0.1) is 23.5 Å². The van der Waals surface area contributed by atoms with E-state index in [1.165, 1.54) is 7.11 Å². The lowest BCUT2D eigenvalue weighted by atomic mass is 10.2. The molecular weight excluding hydrogens is 448 g/mol. The lowest BCUT2D eigenvalue weighted by Gasteiger charge is -2.15. The van der Waals surface area contributed by atoms with Gasteiger partial charge in [-0.2, -0.15) is 0 Å². The summed E-state index contributed by atoms with van der Waals surface area (Å²) in [5.74, 6) is 3.01. The first-order chi connectivity index (χ1) is 15.6. The normalized spacial score (nSPS) is 13.4. The number of methoxy groups -OCH3 is 1. The van der Waals surface area contributed by atoms with E-state index in [1.807, 2.05) is 47.8 Å². The number of benzene rings is 2. The van der Waals surface area contributed by atoms with Crippen molar-refractivity contribution in [2.24, 2.45) is 0 Å². The second kappa shape index (κ2) is 12.5. The molecule has 0 aliphatic carbocycles. The number of thioether (sulfide) groups is 2. The smallest absolute Gasteiger partial charge is 0.276 e. The van der Waals surface area contributed by atoms with E-state index in [2.05, 4.69) is 17.8 Å². The molecule has 7 nitrogen and oxygen atoms in total. The molecule has 9 heteroatoms. The van der Waals surface area contributed by atoms with E-state index in [1.54, 1.807) is 18.2 Å². The highest BCUT2D eigenvalue weighted by atomic mass is 32.2. The van der Waals surface area contributed by atoms with Crippen molar-refractivity contribution < 1.29 is 23.8 Å². The average Bonchev–Trinajstić information content (AvgIpc) is 3.36. The average molecular weight is 477 g/mol. The number of nitrogens with one attached hydrogen (secondary N) is 2. The van der Waals surface area contributed by atoms with Crippen molar-refractivity contribution in [2.75, 3.05) is 31.8 Å². The molecule has 2 aromatic carbocycles. The van der Waals surface area contributed by atoms with Crippen LogP contribution in [0.1, 0.15) is 40.3 Å². The van der Waals surface area contributed by atoms with Gasteiger partial charge in [-0.1, -0.05) is 31.5 Å². The first-order valence-electron chi connectivity index (χ1n) is 10.5. The Balaban J connectivity index is 1.50. The van der Waals surface area contributed by atoms with E-state index in [0.717, 1.165) is 29.9 Å². The highest BCUT2D eigenvalue weighted by Gasteiger charge is 2.22. The molecule has 32 heavy (non-hydrogen) atoms. The number of carbonyl (C=O) groups excluding carboxylic acids is 2. The minimum Gasteiger partial charge on any atom is -0.493 e. The van der Waals surface area contributed by atoms with E-state index in [0.29, 0.717) is 34.0 Å². The van der Waals surface area contributed by atoms with Crippen LogP contribution in [0.3, 0.4) is 0 Å². The topological polar surface area (TPSA) is 85.9 Å². The first kappa shape index (κ1) is 24.1. The second-order valence-corrected chi connectivity index (χ2v) is 9.69. The van der Waals surface area contributed by atoms with Gasteiger partial charge in [0.05, 0.1) is 18.3 Å². The SMILES string of the molecule is CCCCOc1ccc(C(=O)NNC(=O)COc2ccccc2C2SCCS2)cc1OC. The number of carbonyl (C=O) groups is 2. The highest BCUT2D eigenvalue weighted by molar-refractivity contribution is 8.19. The number of ether oxygens (including phenoxy) is 3. The van der Waals surface area contributed by atoms with Gasteiger partial charge < -0.3 is 14.2 Å². The van der Waals surface area contributed by atoms with E-state index < -0.39 is 11.8 Å². The van der Waals surface area contributed by atoms with Crippen LogP contribution >= 0.6 is 23.5 Å². The lowest BCUT2D eigenvalue weighted by molar-refractivity contribution is -0.123. The van der Waals surface area contributed by atoms with E-state index >= 15 is 0 Å². The molecule has 1 heterocycles. The van der Waals surface area contributed by atoms with Gasteiger partial charge in [0.15, 0.2) is 18.1 Å². The van der Waals surface area contributed by atoms with Gasteiger partial charge in [0.2, 0.25) is 0 Å². The van der Waals surface area contributed by atoms with Gasteiger partial charge in [0, 0.05) is 22.6 Å². The molecule has 0 atom stereocenters. The number of unbranched alkanes of at least 4 members (excludes halogenated alkanes) is 1. The van der Waals surface area contributed by atoms with Crippen molar-refractivity contribution >= 4 is 35.3 Å². The molecule has 3 rings (SSSR count). The van der Waals surface area contributed by atoms with Crippen molar-refractivity contribution in [1.29, 1.82) is 0 Å². The summed E-state index contributed by atoms with van der Waals surface area (Å²) in [6.45, 7) is 2.46. The third-order valence-electron chi connectivity index (χ3n) is 4.65. The fourth-order valence-corrected chi connectivity index (χ4v) is 5.89. The summed E-state index contributed by atoms with van der Waals surface area (Å²) in [5, 5.41) is 0. The van der Waals surface area contributed by atoms with Crippen molar-refractivity contribution in [3.63, 3.8) is 0 Å². The third-order valence-corrected chi connectivity index (χ3v) is 7.72. The number of hydrogen-bond donors (Lipinski definition) is 2. The van der Waals surface area contributed by atoms with Crippen molar-refractivity contribution in [3.05, 3.63) is 53.6 Å². The minimum atomic E-state index is -0.462. The standard InChI is InChI=1S/C23H28N2O5S2/c1-3-4-11-29-19-10-9-16(14-20(19)28-2)22(27)25-24-21(26)15-30-18-8-6-5-7-17(18)23-31-12-13-32-23/h5-10,14,23H,3-4,11-13,15H2,1-2H3,(H,24,26)(H,25,27). The maximum Gasteiger partial charge on any atom is 0.276 e. The Morgan fingerprint density at radius 3 is 2.53 bits per heavy atom. The molecule has 1 aliphatic heterocycles. The summed E-state index contributed by atoms with van der Waals surface area (Å²) >= 11 is 3.74. The summed E-state index contributed by atoms with van der Waals surface area (Å²) in [4.78, 5) is 24.6.